The molecule has 0 aromatic heterocycles. The van der Waals surface area contributed by atoms with Gasteiger partial charge in [-0.05, 0) is 23.8 Å². The Kier molecular flexibility index (Phi) is 4.13. The summed E-state index contributed by atoms with van der Waals surface area (Å²) in [6, 6.07) is 9.01. The molecule has 98 valence electrons. The summed E-state index contributed by atoms with van der Waals surface area (Å²) in [5.74, 6) is -0.111. The van der Waals surface area contributed by atoms with Crippen LogP contribution in [-0.4, -0.2) is 29.8 Å². The van der Waals surface area contributed by atoms with Gasteiger partial charge in [0.15, 0.2) is 0 Å². The molecular weight excluding hydrogens is 240 g/mol. The smallest absolute Gasteiger partial charge is 0.251 e. The average Bonchev–Trinajstić information content (AvgIpc) is 2.42. The maximum Gasteiger partial charge on any atom is 0.251 e. The zero-order valence-corrected chi connectivity index (χ0v) is 10.6. The lowest BCUT2D eigenvalue weighted by atomic mass is 10.1. The highest BCUT2D eigenvalue weighted by Crippen LogP contribution is 2.11. The van der Waals surface area contributed by atoms with Crippen LogP contribution in [0, 0.1) is 0 Å². The number of carbonyl (C=O) groups excluding carboxylic acids is 2. The molecule has 19 heavy (non-hydrogen) atoms. The van der Waals surface area contributed by atoms with E-state index in [9.17, 15) is 9.59 Å². The quantitative estimate of drug-likeness (QED) is 0.891. The Bertz CT molecular complexity index is 520. The Hall–Kier alpha value is -2.36. The van der Waals surface area contributed by atoms with Gasteiger partial charge in [-0.1, -0.05) is 24.8 Å². The van der Waals surface area contributed by atoms with Crippen LogP contribution in [0.4, 0.5) is 0 Å². The van der Waals surface area contributed by atoms with Crippen LogP contribution in [0.15, 0.2) is 54.8 Å². The molecule has 2 amide bonds. The molecule has 0 unspecified atom stereocenters. The number of nitrogens with zero attached hydrogens (tertiary/aromatic N) is 1. The second-order valence-electron chi connectivity index (χ2n) is 4.36. The number of hydrogen-bond donors (Lipinski definition) is 1. The summed E-state index contributed by atoms with van der Waals surface area (Å²) in [7, 11) is 0. The van der Waals surface area contributed by atoms with Gasteiger partial charge in [0.25, 0.3) is 5.91 Å². The van der Waals surface area contributed by atoms with Crippen LogP contribution in [0.3, 0.4) is 0 Å². The average molecular weight is 256 g/mol. The number of carbonyl (C=O) groups is 2. The lowest BCUT2D eigenvalue weighted by Gasteiger charge is -2.22. The third-order valence-corrected chi connectivity index (χ3v) is 2.86. The van der Waals surface area contributed by atoms with E-state index < -0.39 is 0 Å². The Morgan fingerprint density at radius 3 is 2.74 bits per heavy atom. The van der Waals surface area contributed by atoms with Crippen molar-refractivity contribution in [1.29, 1.82) is 0 Å². The van der Waals surface area contributed by atoms with Gasteiger partial charge in [0, 0.05) is 24.9 Å². The molecule has 0 spiro atoms. The van der Waals surface area contributed by atoms with Crippen LogP contribution in [0.5, 0.6) is 0 Å². The lowest BCUT2D eigenvalue weighted by Crippen LogP contribution is -2.36. The van der Waals surface area contributed by atoms with Gasteiger partial charge in [0.05, 0.1) is 6.42 Å². The molecule has 0 aliphatic carbocycles. The molecule has 0 fully saturated rings. The standard InChI is InChI=1S/C15H16N2O2/c1-12-7-9-17(14(18)11-12)10-8-16-15(19)13-5-3-2-4-6-13/h2-7,9H,1,8,10-11H2,(H,16,19). The topological polar surface area (TPSA) is 49.4 Å². The zero-order valence-electron chi connectivity index (χ0n) is 10.6. The molecule has 1 aromatic rings. The van der Waals surface area contributed by atoms with E-state index in [1.165, 1.54) is 0 Å². The number of allylic oxidation sites excluding steroid dienone is 1. The van der Waals surface area contributed by atoms with Crippen molar-refractivity contribution in [2.45, 2.75) is 6.42 Å². The fourth-order valence-electron chi connectivity index (χ4n) is 1.81. The number of nitrogens with one attached hydrogen (secondary N) is 1. The summed E-state index contributed by atoms with van der Waals surface area (Å²) < 4.78 is 0. The van der Waals surface area contributed by atoms with Gasteiger partial charge in [-0.2, -0.15) is 0 Å². The Morgan fingerprint density at radius 2 is 2.05 bits per heavy atom. The first kappa shape index (κ1) is 13.1. The van der Waals surface area contributed by atoms with Gasteiger partial charge >= 0.3 is 0 Å². The first-order valence-corrected chi connectivity index (χ1v) is 6.15. The molecule has 0 bridgehead atoms. The SMILES string of the molecule is C=C1C=CN(CCNC(=O)c2ccccc2)C(=O)C1. The van der Waals surface area contributed by atoms with Crippen LogP contribution < -0.4 is 5.32 Å². The summed E-state index contributed by atoms with van der Waals surface area (Å²) in [5, 5.41) is 2.79. The number of rotatable bonds is 4. The van der Waals surface area contributed by atoms with E-state index in [1.54, 1.807) is 23.2 Å². The van der Waals surface area contributed by atoms with Crippen LogP contribution >= 0.6 is 0 Å². The molecule has 1 heterocycles. The molecule has 1 aliphatic rings. The molecule has 1 aliphatic heterocycles. The van der Waals surface area contributed by atoms with Crippen molar-refractivity contribution in [2.24, 2.45) is 0 Å². The monoisotopic (exact) mass is 256 g/mol. The van der Waals surface area contributed by atoms with Gasteiger partial charge in [-0.3, -0.25) is 9.59 Å². The van der Waals surface area contributed by atoms with Gasteiger partial charge < -0.3 is 10.2 Å². The van der Waals surface area contributed by atoms with E-state index >= 15 is 0 Å². The van der Waals surface area contributed by atoms with Crippen LogP contribution in [0.2, 0.25) is 0 Å². The molecule has 0 saturated heterocycles. The van der Waals surface area contributed by atoms with E-state index in [-0.39, 0.29) is 11.8 Å². The summed E-state index contributed by atoms with van der Waals surface area (Å²) in [6.45, 7) is 4.64. The highest BCUT2D eigenvalue weighted by Gasteiger charge is 2.15. The van der Waals surface area contributed by atoms with Crippen molar-refractivity contribution in [3.8, 4) is 0 Å². The van der Waals surface area contributed by atoms with E-state index in [2.05, 4.69) is 11.9 Å². The van der Waals surface area contributed by atoms with E-state index in [4.69, 9.17) is 0 Å². The van der Waals surface area contributed by atoms with E-state index in [1.807, 2.05) is 24.3 Å². The summed E-state index contributed by atoms with van der Waals surface area (Å²) >= 11 is 0. The number of amides is 2. The molecule has 4 heteroatoms. The zero-order chi connectivity index (χ0) is 13.7. The van der Waals surface area contributed by atoms with Crippen LogP contribution in [0.1, 0.15) is 16.8 Å². The first-order chi connectivity index (χ1) is 9.16. The lowest BCUT2D eigenvalue weighted by molar-refractivity contribution is -0.128. The van der Waals surface area contributed by atoms with Crippen molar-refractivity contribution < 1.29 is 9.59 Å². The van der Waals surface area contributed by atoms with Gasteiger partial charge in [0.1, 0.15) is 0 Å². The van der Waals surface area contributed by atoms with E-state index in [0.29, 0.717) is 25.1 Å². The highest BCUT2D eigenvalue weighted by molar-refractivity contribution is 5.94. The molecule has 0 atom stereocenters. The summed E-state index contributed by atoms with van der Waals surface area (Å²) in [4.78, 5) is 25.0. The fraction of sp³-hybridized carbons (Fsp3) is 0.200. The molecule has 2 rings (SSSR count). The maximum atomic E-state index is 11.8. The molecule has 4 nitrogen and oxygen atoms in total. The summed E-state index contributed by atoms with van der Waals surface area (Å²) in [5.41, 5.74) is 1.44. The third kappa shape index (κ3) is 3.55. The Labute approximate surface area is 112 Å². The maximum absolute atomic E-state index is 11.8. The molecular formula is C15H16N2O2. The van der Waals surface area contributed by atoms with E-state index in [0.717, 1.165) is 5.57 Å². The minimum atomic E-state index is -0.126. The second-order valence-corrected chi connectivity index (χ2v) is 4.36. The second kappa shape index (κ2) is 6.00. The number of benzene rings is 1. The largest absolute Gasteiger partial charge is 0.350 e. The number of hydrogen-bond acceptors (Lipinski definition) is 2. The molecule has 0 radical (unpaired) electrons. The molecule has 1 aromatic carbocycles. The van der Waals surface area contributed by atoms with Gasteiger partial charge in [-0.25, -0.2) is 0 Å². The minimum absolute atomic E-state index is 0.0152. The first-order valence-electron chi connectivity index (χ1n) is 6.15. The van der Waals surface area contributed by atoms with Crippen LogP contribution in [-0.2, 0) is 4.79 Å². The van der Waals surface area contributed by atoms with Gasteiger partial charge in [0.2, 0.25) is 5.91 Å². The minimum Gasteiger partial charge on any atom is -0.350 e. The van der Waals surface area contributed by atoms with Crippen molar-refractivity contribution in [3.63, 3.8) is 0 Å². The van der Waals surface area contributed by atoms with Crippen molar-refractivity contribution in [1.82, 2.24) is 10.2 Å². The molecule has 0 saturated carbocycles. The Balaban J connectivity index is 1.81. The Morgan fingerprint density at radius 1 is 1.32 bits per heavy atom. The highest BCUT2D eigenvalue weighted by atomic mass is 16.2. The van der Waals surface area contributed by atoms with Crippen molar-refractivity contribution in [3.05, 3.63) is 60.3 Å². The predicted octanol–water partition coefficient (Wildman–Crippen LogP) is 1.72. The van der Waals surface area contributed by atoms with Crippen LogP contribution in [0.25, 0.3) is 0 Å². The van der Waals surface area contributed by atoms with Gasteiger partial charge in [-0.15, -0.1) is 0 Å². The fourth-order valence-corrected chi connectivity index (χ4v) is 1.81. The molecule has 1 N–H and O–H groups in total. The van der Waals surface area contributed by atoms with Crippen molar-refractivity contribution >= 4 is 11.8 Å². The normalized spacial score (nSPS) is 14.6. The third-order valence-electron chi connectivity index (χ3n) is 2.86. The summed E-state index contributed by atoms with van der Waals surface area (Å²) in [6.07, 6.45) is 3.88. The predicted molar refractivity (Wildman–Crippen MR) is 73.4 cm³/mol. The van der Waals surface area contributed by atoms with Crippen molar-refractivity contribution in [2.75, 3.05) is 13.1 Å².